The highest BCUT2D eigenvalue weighted by molar-refractivity contribution is 7.95. The van der Waals surface area contributed by atoms with Crippen molar-refractivity contribution >= 4 is 12.1 Å². The lowest BCUT2D eigenvalue weighted by molar-refractivity contribution is 0.334. The second-order valence-electron chi connectivity index (χ2n) is 2.30. The highest BCUT2D eigenvalue weighted by Gasteiger charge is 2.14. The van der Waals surface area contributed by atoms with E-state index in [1.807, 2.05) is 28.9 Å². The van der Waals surface area contributed by atoms with E-state index in [9.17, 15) is 0 Å². The zero-order valence-corrected chi connectivity index (χ0v) is 6.64. The highest BCUT2D eigenvalue weighted by atomic mass is 32.2. The lowest BCUT2D eigenvalue weighted by Gasteiger charge is -2.15. The van der Waals surface area contributed by atoms with E-state index in [2.05, 4.69) is 4.72 Å². The van der Waals surface area contributed by atoms with Gasteiger partial charge in [0.25, 0.3) is 0 Å². The Morgan fingerprint density at radius 2 is 2.55 bits per heavy atom. The van der Waals surface area contributed by atoms with Crippen molar-refractivity contribution in [2.24, 2.45) is 0 Å². The highest BCUT2D eigenvalue weighted by Crippen LogP contribution is 2.26. The minimum absolute atomic E-state index is 0.104. The zero-order valence-electron chi connectivity index (χ0n) is 5.82. The third-order valence-electron chi connectivity index (χ3n) is 1.55. The Labute approximate surface area is 69.3 Å². The molecule has 3 nitrogen and oxygen atoms in total. The molecule has 2 heterocycles. The number of nitrogens with one attached hydrogen (secondary N) is 1. The summed E-state index contributed by atoms with van der Waals surface area (Å²) in [6, 6.07) is 0. The predicted octanol–water partition coefficient (Wildman–Crippen LogP) is 0.742. The molecular formula is C7H8N2OS. The van der Waals surface area contributed by atoms with Crippen LogP contribution in [-0.4, -0.2) is 16.0 Å². The van der Waals surface area contributed by atoms with Gasteiger partial charge in [-0.1, -0.05) is 0 Å². The molecule has 0 fully saturated rings. The first-order valence-electron chi connectivity index (χ1n) is 3.31. The smallest absolute Gasteiger partial charge is 0.0726 e. The number of aliphatic hydroxyl groups excluding tert-OH is 1. The normalized spacial score (nSPS) is 20.6. The molecular weight excluding hydrogens is 160 g/mol. The van der Waals surface area contributed by atoms with E-state index in [1.54, 1.807) is 0 Å². The Balaban J connectivity index is 2.25. The van der Waals surface area contributed by atoms with Gasteiger partial charge in [0.05, 0.1) is 24.4 Å². The standard InChI is InChI=1S/C7H8N2OS/c10-5-6-1-2-9-7(3-6)4-8-11-9/h1-4,8,10H,5H2. The van der Waals surface area contributed by atoms with Crippen LogP contribution in [0.2, 0.25) is 0 Å². The molecule has 0 saturated heterocycles. The lowest BCUT2D eigenvalue weighted by atomic mass is 10.2. The summed E-state index contributed by atoms with van der Waals surface area (Å²) < 4.78 is 5.01. The van der Waals surface area contributed by atoms with Gasteiger partial charge in [0, 0.05) is 12.4 Å². The van der Waals surface area contributed by atoms with E-state index in [0.717, 1.165) is 11.3 Å². The van der Waals surface area contributed by atoms with Gasteiger partial charge >= 0.3 is 0 Å². The van der Waals surface area contributed by atoms with Gasteiger partial charge in [0.15, 0.2) is 0 Å². The third-order valence-corrected chi connectivity index (χ3v) is 2.30. The summed E-state index contributed by atoms with van der Waals surface area (Å²) in [5, 5.41) is 8.82. The van der Waals surface area contributed by atoms with E-state index >= 15 is 0 Å². The Morgan fingerprint density at radius 1 is 1.64 bits per heavy atom. The van der Waals surface area contributed by atoms with Crippen molar-refractivity contribution in [3.63, 3.8) is 0 Å². The van der Waals surface area contributed by atoms with Crippen LogP contribution in [0, 0.1) is 0 Å². The molecule has 0 spiro atoms. The van der Waals surface area contributed by atoms with Crippen molar-refractivity contribution < 1.29 is 5.11 Å². The summed E-state index contributed by atoms with van der Waals surface area (Å²) in [5.74, 6) is 0. The molecule has 0 radical (unpaired) electrons. The molecule has 11 heavy (non-hydrogen) atoms. The number of rotatable bonds is 1. The molecule has 2 N–H and O–H groups in total. The minimum Gasteiger partial charge on any atom is -0.392 e. The Bertz CT molecular complexity index is 257. The summed E-state index contributed by atoms with van der Waals surface area (Å²) in [5.41, 5.74) is 2.03. The molecule has 2 aliphatic rings. The van der Waals surface area contributed by atoms with Crippen molar-refractivity contribution in [2.45, 2.75) is 0 Å². The lowest BCUT2D eigenvalue weighted by Crippen LogP contribution is -2.07. The fourth-order valence-corrected chi connectivity index (χ4v) is 1.60. The van der Waals surface area contributed by atoms with Crippen LogP contribution in [0.1, 0.15) is 0 Å². The second-order valence-corrected chi connectivity index (χ2v) is 3.11. The van der Waals surface area contributed by atoms with Crippen LogP contribution in [0.5, 0.6) is 0 Å². The van der Waals surface area contributed by atoms with Crippen LogP contribution in [0.3, 0.4) is 0 Å². The second kappa shape index (κ2) is 2.64. The molecule has 0 atom stereocenters. The topological polar surface area (TPSA) is 35.5 Å². The van der Waals surface area contributed by atoms with Gasteiger partial charge in [-0.3, -0.25) is 4.31 Å². The van der Waals surface area contributed by atoms with E-state index in [1.165, 1.54) is 12.1 Å². The quantitative estimate of drug-likeness (QED) is 0.566. The minimum atomic E-state index is 0.104. The first-order chi connectivity index (χ1) is 5.40. The van der Waals surface area contributed by atoms with Crippen LogP contribution in [0.15, 0.2) is 35.8 Å². The largest absolute Gasteiger partial charge is 0.392 e. The van der Waals surface area contributed by atoms with E-state index in [0.29, 0.717) is 0 Å². The molecule has 0 amide bonds. The average Bonchev–Trinajstić information content (AvgIpc) is 2.50. The number of hydrogen-bond acceptors (Lipinski definition) is 4. The summed E-state index contributed by atoms with van der Waals surface area (Å²) >= 11 is 1.52. The SMILES string of the molecule is OCC1=CC2=CNSN2C=C1. The van der Waals surface area contributed by atoms with Crippen LogP contribution < -0.4 is 4.72 Å². The molecule has 0 aromatic rings. The van der Waals surface area contributed by atoms with Crippen LogP contribution in [-0.2, 0) is 0 Å². The summed E-state index contributed by atoms with van der Waals surface area (Å²) in [7, 11) is 0. The van der Waals surface area contributed by atoms with E-state index in [4.69, 9.17) is 5.11 Å². The molecule has 58 valence electrons. The monoisotopic (exact) mass is 168 g/mol. The maximum Gasteiger partial charge on any atom is 0.0726 e. The van der Waals surface area contributed by atoms with Crippen molar-refractivity contribution in [1.82, 2.24) is 9.03 Å². The zero-order chi connectivity index (χ0) is 7.68. The van der Waals surface area contributed by atoms with Crippen molar-refractivity contribution in [2.75, 3.05) is 6.61 Å². The fraction of sp³-hybridized carbons (Fsp3) is 0.143. The maximum atomic E-state index is 8.82. The molecule has 4 heteroatoms. The predicted molar refractivity (Wildman–Crippen MR) is 45.0 cm³/mol. The summed E-state index contributed by atoms with van der Waals surface area (Å²) in [4.78, 5) is 0. The van der Waals surface area contributed by atoms with Gasteiger partial charge in [0.1, 0.15) is 0 Å². The number of fused-ring (bicyclic) bond motifs is 1. The van der Waals surface area contributed by atoms with Gasteiger partial charge in [-0.05, 0) is 17.7 Å². The van der Waals surface area contributed by atoms with Gasteiger partial charge < -0.3 is 9.83 Å². The first-order valence-corrected chi connectivity index (χ1v) is 4.09. The van der Waals surface area contributed by atoms with Crippen LogP contribution >= 0.6 is 12.1 Å². The summed E-state index contributed by atoms with van der Waals surface area (Å²) in [6.07, 6.45) is 7.69. The molecule has 0 aromatic carbocycles. The van der Waals surface area contributed by atoms with E-state index < -0.39 is 0 Å². The number of allylic oxidation sites excluding steroid dienone is 1. The van der Waals surface area contributed by atoms with Gasteiger partial charge in [-0.25, -0.2) is 0 Å². The Kier molecular flexibility index (Phi) is 1.63. The average molecular weight is 168 g/mol. The van der Waals surface area contributed by atoms with Crippen LogP contribution in [0.4, 0.5) is 0 Å². The molecule has 0 aromatic heterocycles. The van der Waals surface area contributed by atoms with Gasteiger partial charge in [-0.2, -0.15) is 0 Å². The maximum absolute atomic E-state index is 8.82. The first kappa shape index (κ1) is 6.82. The Hall–Kier alpha value is -0.870. The number of aliphatic hydroxyl groups is 1. The van der Waals surface area contributed by atoms with Gasteiger partial charge in [-0.15, -0.1) is 0 Å². The number of hydrogen-bond donors (Lipinski definition) is 2. The fourth-order valence-electron chi connectivity index (χ4n) is 0.981. The Morgan fingerprint density at radius 3 is 3.36 bits per heavy atom. The van der Waals surface area contributed by atoms with E-state index in [-0.39, 0.29) is 6.61 Å². The van der Waals surface area contributed by atoms with Crippen molar-refractivity contribution in [1.29, 1.82) is 0 Å². The summed E-state index contributed by atoms with van der Waals surface area (Å²) in [6.45, 7) is 0.104. The van der Waals surface area contributed by atoms with Crippen molar-refractivity contribution in [3.8, 4) is 0 Å². The third kappa shape index (κ3) is 1.15. The molecule has 0 unspecified atom stereocenters. The molecule has 2 aliphatic heterocycles. The van der Waals surface area contributed by atoms with Crippen LogP contribution in [0.25, 0.3) is 0 Å². The van der Waals surface area contributed by atoms with Crippen molar-refractivity contribution in [3.05, 3.63) is 35.8 Å². The number of nitrogens with zero attached hydrogens (tertiary/aromatic N) is 1. The molecule has 0 bridgehead atoms. The van der Waals surface area contributed by atoms with Gasteiger partial charge in [0.2, 0.25) is 0 Å². The molecule has 2 rings (SSSR count). The molecule has 0 aliphatic carbocycles. The molecule has 0 saturated carbocycles.